The van der Waals surface area contributed by atoms with Gasteiger partial charge in [0, 0.05) is 36.8 Å². The van der Waals surface area contributed by atoms with Crippen molar-refractivity contribution in [3.8, 4) is 0 Å². The van der Waals surface area contributed by atoms with Crippen molar-refractivity contribution >= 4 is 23.3 Å². The van der Waals surface area contributed by atoms with Gasteiger partial charge in [-0.2, -0.15) is 4.48 Å². The van der Waals surface area contributed by atoms with Crippen LogP contribution in [-0.2, 0) is 20.9 Å². The molecule has 3 aromatic rings. The molecule has 28 heavy (non-hydrogen) atoms. The topological polar surface area (TPSA) is 43.4 Å². The summed E-state index contributed by atoms with van der Waals surface area (Å²) in [5.41, 5.74) is 3.83. The summed E-state index contributed by atoms with van der Waals surface area (Å²) in [4.78, 5) is 24.9. The molecule has 0 atom stereocenters. The van der Waals surface area contributed by atoms with Crippen molar-refractivity contribution in [2.24, 2.45) is 0 Å². The van der Waals surface area contributed by atoms with E-state index in [0.717, 1.165) is 22.5 Å². The van der Waals surface area contributed by atoms with Gasteiger partial charge in [0.05, 0.1) is 0 Å². The van der Waals surface area contributed by atoms with Gasteiger partial charge in [-0.25, -0.2) is 4.79 Å². The molecule has 4 nitrogen and oxygen atoms in total. The molecule has 0 aliphatic rings. The van der Waals surface area contributed by atoms with Gasteiger partial charge in [0.2, 0.25) is 6.61 Å². The SMILES string of the molecule is CC(=O)OCC(=O)[N+](Cc1ccc(C)cc1)(c1ccccc1)c1ccccc1. The lowest BCUT2D eigenvalue weighted by Gasteiger charge is -2.35. The Morgan fingerprint density at radius 3 is 1.75 bits per heavy atom. The summed E-state index contributed by atoms with van der Waals surface area (Å²) in [5.74, 6) is -0.670. The van der Waals surface area contributed by atoms with E-state index < -0.39 is 5.97 Å². The van der Waals surface area contributed by atoms with E-state index in [9.17, 15) is 9.59 Å². The van der Waals surface area contributed by atoms with E-state index in [2.05, 4.69) is 0 Å². The molecule has 0 radical (unpaired) electrons. The molecular weight excluding hydrogens is 350 g/mol. The van der Waals surface area contributed by atoms with Crippen molar-refractivity contribution in [1.82, 2.24) is 4.48 Å². The summed E-state index contributed by atoms with van der Waals surface area (Å²) in [7, 11) is 0. The molecule has 0 saturated heterocycles. The number of aryl methyl sites for hydroxylation is 1. The van der Waals surface area contributed by atoms with Crippen LogP contribution in [0.15, 0.2) is 84.9 Å². The minimum atomic E-state index is -0.470. The molecule has 0 bridgehead atoms. The maximum absolute atomic E-state index is 13.5. The van der Waals surface area contributed by atoms with Crippen LogP contribution in [0.2, 0.25) is 0 Å². The van der Waals surface area contributed by atoms with Gasteiger partial charge < -0.3 is 4.74 Å². The molecule has 0 spiro atoms. The minimum absolute atomic E-state index is 0.0575. The van der Waals surface area contributed by atoms with Crippen LogP contribution in [0.3, 0.4) is 0 Å². The maximum Gasteiger partial charge on any atom is 0.361 e. The summed E-state index contributed by atoms with van der Waals surface area (Å²) in [6.07, 6.45) is 0. The van der Waals surface area contributed by atoms with Crippen molar-refractivity contribution in [3.63, 3.8) is 0 Å². The van der Waals surface area contributed by atoms with Gasteiger partial charge in [-0.05, 0) is 6.92 Å². The van der Waals surface area contributed by atoms with Crippen molar-refractivity contribution < 1.29 is 14.3 Å². The molecule has 3 rings (SSSR count). The third kappa shape index (κ3) is 4.18. The molecular formula is C24H24NO3+. The molecule has 142 valence electrons. The molecule has 0 fully saturated rings. The molecule has 4 heteroatoms. The van der Waals surface area contributed by atoms with Gasteiger partial charge in [-0.15, -0.1) is 0 Å². The Labute approximate surface area is 165 Å². The van der Waals surface area contributed by atoms with Gasteiger partial charge in [0.25, 0.3) is 0 Å². The summed E-state index contributed by atoms with van der Waals surface area (Å²) >= 11 is 0. The van der Waals surface area contributed by atoms with Gasteiger partial charge in [-0.1, -0.05) is 66.2 Å². The van der Waals surface area contributed by atoms with Gasteiger partial charge in [0.15, 0.2) is 0 Å². The number of benzene rings is 3. The second-order valence-electron chi connectivity index (χ2n) is 6.80. The monoisotopic (exact) mass is 374 g/mol. The molecule has 0 heterocycles. The van der Waals surface area contributed by atoms with E-state index in [-0.39, 0.29) is 17.0 Å². The quantitative estimate of drug-likeness (QED) is 0.454. The van der Waals surface area contributed by atoms with Crippen LogP contribution in [0.4, 0.5) is 11.4 Å². The van der Waals surface area contributed by atoms with Crippen LogP contribution in [0.1, 0.15) is 18.1 Å². The number of hydrogen-bond acceptors (Lipinski definition) is 3. The lowest BCUT2D eigenvalue weighted by molar-refractivity contribution is -0.148. The zero-order chi connectivity index (χ0) is 20.0. The lowest BCUT2D eigenvalue weighted by Crippen LogP contribution is -2.51. The number of esters is 1. The molecule has 0 saturated carbocycles. The van der Waals surface area contributed by atoms with Crippen LogP contribution in [0.5, 0.6) is 0 Å². The Balaban J connectivity index is 2.17. The number of nitrogens with zero attached hydrogens (tertiary/aromatic N) is 1. The highest BCUT2D eigenvalue weighted by Gasteiger charge is 2.42. The first-order valence-corrected chi connectivity index (χ1v) is 9.24. The average molecular weight is 374 g/mol. The van der Waals surface area contributed by atoms with Gasteiger partial charge in [-0.3, -0.25) is 4.79 Å². The third-order valence-electron chi connectivity index (χ3n) is 4.76. The van der Waals surface area contributed by atoms with Crippen LogP contribution < -0.4 is 4.48 Å². The predicted octanol–water partition coefficient (Wildman–Crippen LogP) is 4.92. The normalized spacial score (nSPS) is 11.1. The van der Waals surface area contributed by atoms with E-state index in [1.165, 1.54) is 6.92 Å². The molecule has 0 unspecified atom stereocenters. The van der Waals surface area contributed by atoms with Crippen molar-refractivity contribution in [3.05, 3.63) is 96.1 Å². The Morgan fingerprint density at radius 2 is 1.29 bits per heavy atom. The fourth-order valence-corrected chi connectivity index (χ4v) is 3.31. The number of ether oxygens (including phenoxy) is 1. The van der Waals surface area contributed by atoms with Crippen LogP contribution >= 0.6 is 0 Å². The number of amides is 1. The summed E-state index contributed by atoms with van der Waals surface area (Å²) in [5, 5.41) is 0. The second kappa shape index (κ2) is 8.63. The minimum Gasteiger partial charge on any atom is -0.451 e. The highest BCUT2D eigenvalue weighted by Crippen LogP contribution is 2.37. The van der Waals surface area contributed by atoms with Crippen molar-refractivity contribution in [2.45, 2.75) is 20.4 Å². The maximum atomic E-state index is 13.5. The largest absolute Gasteiger partial charge is 0.451 e. The smallest absolute Gasteiger partial charge is 0.361 e. The molecule has 3 aromatic carbocycles. The Hall–Kier alpha value is -3.24. The van der Waals surface area contributed by atoms with E-state index in [1.807, 2.05) is 91.9 Å². The molecule has 0 aliphatic carbocycles. The van der Waals surface area contributed by atoms with Crippen molar-refractivity contribution in [2.75, 3.05) is 6.61 Å². The Morgan fingerprint density at radius 1 is 0.786 bits per heavy atom. The molecule has 0 aromatic heterocycles. The Kier molecular flexibility index (Phi) is 6.02. The van der Waals surface area contributed by atoms with Crippen LogP contribution in [-0.4, -0.2) is 18.5 Å². The lowest BCUT2D eigenvalue weighted by atomic mass is 10.1. The standard InChI is InChI=1S/C24H24NO3/c1-19-13-15-21(16-14-19)17-25(22-9-5-3-6-10-22,23-11-7-4-8-12-23)24(27)18-28-20(2)26/h3-16H,17-18H2,1-2H3/q+1. The number of carbonyl (C=O) groups excluding carboxylic acids is 2. The van der Waals surface area contributed by atoms with Crippen molar-refractivity contribution in [1.29, 1.82) is 0 Å². The number of para-hydroxylation sites is 2. The number of quaternary nitrogens is 1. The first-order valence-electron chi connectivity index (χ1n) is 9.24. The highest BCUT2D eigenvalue weighted by atomic mass is 16.5. The molecule has 1 amide bonds. The number of carbonyl (C=O) groups is 2. The van der Waals surface area contributed by atoms with Gasteiger partial charge >= 0.3 is 11.9 Å². The number of rotatable bonds is 6. The van der Waals surface area contributed by atoms with E-state index in [1.54, 1.807) is 0 Å². The van der Waals surface area contributed by atoms with E-state index in [4.69, 9.17) is 4.74 Å². The fraction of sp³-hybridized carbons (Fsp3) is 0.167. The summed E-state index contributed by atoms with van der Waals surface area (Å²) < 4.78 is 5.05. The Bertz CT molecular complexity index is 895. The van der Waals surface area contributed by atoms with Gasteiger partial charge in [0.1, 0.15) is 17.9 Å². The highest BCUT2D eigenvalue weighted by molar-refractivity contribution is 5.96. The summed E-state index contributed by atoms with van der Waals surface area (Å²) in [6.45, 7) is 3.48. The van der Waals surface area contributed by atoms with E-state index >= 15 is 0 Å². The first-order chi connectivity index (χ1) is 13.5. The predicted molar refractivity (Wildman–Crippen MR) is 111 cm³/mol. The van der Waals surface area contributed by atoms with E-state index in [0.29, 0.717) is 6.54 Å². The van der Waals surface area contributed by atoms with Crippen LogP contribution in [0.25, 0.3) is 0 Å². The zero-order valence-electron chi connectivity index (χ0n) is 16.2. The fourth-order valence-electron chi connectivity index (χ4n) is 3.31. The molecule has 0 N–H and O–H groups in total. The summed E-state index contributed by atoms with van der Waals surface area (Å²) in [6, 6.07) is 27.4. The first kappa shape index (κ1) is 19.5. The average Bonchev–Trinajstić information content (AvgIpc) is 2.73. The zero-order valence-corrected chi connectivity index (χ0v) is 16.2. The molecule has 0 aliphatic heterocycles. The third-order valence-corrected chi connectivity index (χ3v) is 4.76. The number of hydrogen-bond donors (Lipinski definition) is 0. The second-order valence-corrected chi connectivity index (χ2v) is 6.80. The van der Waals surface area contributed by atoms with Crippen LogP contribution in [0, 0.1) is 6.92 Å².